The first-order valence-corrected chi connectivity index (χ1v) is 6.62. The second-order valence-corrected chi connectivity index (χ2v) is 4.97. The Morgan fingerprint density at radius 3 is 2.10 bits per heavy atom. The van der Waals surface area contributed by atoms with Crippen LogP contribution in [0.2, 0.25) is 0 Å². The van der Waals surface area contributed by atoms with Crippen LogP contribution in [0.5, 0.6) is 0 Å². The van der Waals surface area contributed by atoms with Gasteiger partial charge in [0.1, 0.15) is 23.2 Å². The molecule has 0 radical (unpaired) electrons. The van der Waals surface area contributed by atoms with Gasteiger partial charge in [-0.15, -0.1) is 0 Å². The van der Waals surface area contributed by atoms with Crippen molar-refractivity contribution in [3.63, 3.8) is 0 Å². The Morgan fingerprint density at radius 2 is 1.62 bits per heavy atom. The zero-order chi connectivity index (χ0) is 15.6. The number of carbonyl (C=O) groups excluding carboxylic acids is 3. The fraction of sp³-hybridized carbons (Fsp3) is 0.235. The maximum Gasteiger partial charge on any atom is 0.184 e. The molecule has 108 valence electrons. The standard InChI is InChI=1S/C17H16O4/c1-10-9-14(12(3)21-10)17(20)15(11(2)18)16(19)13-7-5-4-6-8-13/h4-9,15H,1-3H3. The highest BCUT2D eigenvalue weighted by Gasteiger charge is 2.34. The van der Waals surface area contributed by atoms with Crippen molar-refractivity contribution >= 4 is 17.3 Å². The van der Waals surface area contributed by atoms with Crippen molar-refractivity contribution in [1.82, 2.24) is 0 Å². The quantitative estimate of drug-likeness (QED) is 0.625. The summed E-state index contributed by atoms with van der Waals surface area (Å²) >= 11 is 0. The normalized spacial score (nSPS) is 12.0. The highest BCUT2D eigenvalue weighted by atomic mass is 16.3. The third-order valence-corrected chi connectivity index (χ3v) is 3.30. The van der Waals surface area contributed by atoms with E-state index in [1.165, 1.54) is 6.92 Å². The van der Waals surface area contributed by atoms with Crippen LogP contribution in [0.15, 0.2) is 40.8 Å². The molecular weight excluding hydrogens is 268 g/mol. The van der Waals surface area contributed by atoms with E-state index in [1.54, 1.807) is 50.2 Å². The van der Waals surface area contributed by atoms with Crippen molar-refractivity contribution in [2.75, 3.05) is 0 Å². The lowest BCUT2D eigenvalue weighted by Crippen LogP contribution is -2.30. The van der Waals surface area contributed by atoms with Gasteiger partial charge in [-0.2, -0.15) is 0 Å². The summed E-state index contributed by atoms with van der Waals surface area (Å²) in [5.41, 5.74) is 0.640. The molecule has 0 spiro atoms. The van der Waals surface area contributed by atoms with Crippen LogP contribution >= 0.6 is 0 Å². The molecule has 0 aliphatic carbocycles. The molecule has 2 aromatic rings. The van der Waals surface area contributed by atoms with Crippen molar-refractivity contribution in [2.45, 2.75) is 20.8 Å². The fourth-order valence-electron chi connectivity index (χ4n) is 2.29. The summed E-state index contributed by atoms with van der Waals surface area (Å²) in [7, 11) is 0. The Bertz CT molecular complexity index is 695. The molecule has 1 unspecified atom stereocenters. The first-order chi connectivity index (χ1) is 9.91. The van der Waals surface area contributed by atoms with Crippen LogP contribution in [0.4, 0.5) is 0 Å². The van der Waals surface area contributed by atoms with Crippen LogP contribution in [-0.4, -0.2) is 17.3 Å². The van der Waals surface area contributed by atoms with E-state index in [0.29, 0.717) is 17.1 Å². The maximum absolute atomic E-state index is 12.5. The van der Waals surface area contributed by atoms with Gasteiger partial charge in [0, 0.05) is 5.56 Å². The minimum absolute atomic E-state index is 0.289. The third kappa shape index (κ3) is 2.99. The molecule has 4 heteroatoms. The first kappa shape index (κ1) is 14.9. The van der Waals surface area contributed by atoms with E-state index in [2.05, 4.69) is 0 Å². The Balaban J connectivity index is 2.40. The Labute approximate surface area is 122 Å². The minimum Gasteiger partial charge on any atom is -0.466 e. The molecular formula is C17H16O4. The molecule has 0 aliphatic heterocycles. The van der Waals surface area contributed by atoms with Gasteiger partial charge in [-0.05, 0) is 26.8 Å². The number of ketones is 3. The minimum atomic E-state index is -1.32. The number of rotatable bonds is 5. The summed E-state index contributed by atoms with van der Waals surface area (Å²) in [6, 6.07) is 9.92. The van der Waals surface area contributed by atoms with Crippen molar-refractivity contribution in [1.29, 1.82) is 0 Å². The number of Topliss-reactive ketones (excluding diaryl/α,β-unsaturated/α-hetero) is 3. The second kappa shape index (κ2) is 5.87. The average molecular weight is 284 g/mol. The van der Waals surface area contributed by atoms with Crippen molar-refractivity contribution < 1.29 is 18.8 Å². The first-order valence-electron chi connectivity index (χ1n) is 6.62. The molecule has 0 N–H and O–H groups in total. The van der Waals surface area contributed by atoms with E-state index in [4.69, 9.17) is 4.42 Å². The number of carbonyl (C=O) groups is 3. The molecule has 0 fully saturated rings. The van der Waals surface area contributed by atoms with Crippen molar-refractivity contribution in [3.8, 4) is 0 Å². The number of hydrogen-bond acceptors (Lipinski definition) is 4. The van der Waals surface area contributed by atoms with Gasteiger partial charge >= 0.3 is 0 Å². The predicted molar refractivity (Wildman–Crippen MR) is 77.5 cm³/mol. The van der Waals surface area contributed by atoms with Gasteiger partial charge in [-0.25, -0.2) is 0 Å². The Hall–Kier alpha value is -2.49. The van der Waals surface area contributed by atoms with E-state index in [9.17, 15) is 14.4 Å². The zero-order valence-electron chi connectivity index (χ0n) is 12.2. The SMILES string of the molecule is CC(=O)C(C(=O)c1ccccc1)C(=O)c1cc(C)oc1C. The van der Waals surface area contributed by atoms with E-state index >= 15 is 0 Å². The van der Waals surface area contributed by atoms with Crippen LogP contribution in [0, 0.1) is 19.8 Å². The highest BCUT2D eigenvalue weighted by Crippen LogP contribution is 2.21. The second-order valence-electron chi connectivity index (χ2n) is 4.97. The van der Waals surface area contributed by atoms with Crippen LogP contribution < -0.4 is 0 Å². The lowest BCUT2D eigenvalue weighted by molar-refractivity contribution is -0.118. The van der Waals surface area contributed by atoms with Gasteiger partial charge in [0.15, 0.2) is 11.6 Å². The monoisotopic (exact) mass is 284 g/mol. The number of furan rings is 1. The lowest BCUT2D eigenvalue weighted by atomic mass is 9.87. The largest absolute Gasteiger partial charge is 0.466 e. The van der Waals surface area contributed by atoms with E-state index in [0.717, 1.165) is 0 Å². The van der Waals surface area contributed by atoms with Crippen molar-refractivity contribution in [2.24, 2.45) is 5.92 Å². The fourth-order valence-corrected chi connectivity index (χ4v) is 2.29. The summed E-state index contributed by atoms with van der Waals surface area (Å²) < 4.78 is 5.31. The third-order valence-electron chi connectivity index (χ3n) is 3.30. The number of hydrogen-bond donors (Lipinski definition) is 0. The molecule has 2 rings (SSSR count). The van der Waals surface area contributed by atoms with Gasteiger partial charge in [0.05, 0.1) is 5.56 Å². The number of benzene rings is 1. The summed E-state index contributed by atoms with van der Waals surface area (Å²) in [6.07, 6.45) is 0. The zero-order valence-corrected chi connectivity index (χ0v) is 12.2. The van der Waals surface area contributed by atoms with Gasteiger partial charge in [-0.1, -0.05) is 30.3 Å². The highest BCUT2D eigenvalue weighted by molar-refractivity contribution is 6.27. The van der Waals surface area contributed by atoms with Gasteiger partial charge in [0.2, 0.25) is 0 Å². The van der Waals surface area contributed by atoms with Gasteiger partial charge in [0.25, 0.3) is 0 Å². The van der Waals surface area contributed by atoms with E-state index in [1.807, 2.05) is 0 Å². The summed E-state index contributed by atoms with van der Waals surface area (Å²) in [4.78, 5) is 36.8. The van der Waals surface area contributed by atoms with E-state index < -0.39 is 23.3 Å². The Kier molecular flexibility index (Phi) is 4.17. The number of aryl methyl sites for hydroxylation is 2. The molecule has 0 amide bonds. The summed E-state index contributed by atoms with van der Waals surface area (Å²) in [6.45, 7) is 4.61. The van der Waals surface area contributed by atoms with Crippen LogP contribution in [0.1, 0.15) is 39.2 Å². The lowest BCUT2D eigenvalue weighted by Gasteiger charge is -2.11. The molecule has 0 aliphatic rings. The molecule has 0 saturated carbocycles. The molecule has 0 bridgehead atoms. The summed E-state index contributed by atoms with van der Waals surface area (Å²) in [5.74, 6) is -1.78. The average Bonchev–Trinajstić information content (AvgIpc) is 2.78. The van der Waals surface area contributed by atoms with Crippen LogP contribution in [-0.2, 0) is 4.79 Å². The topological polar surface area (TPSA) is 64.3 Å². The molecule has 21 heavy (non-hydrogen) atoms. The molecule has 0 saturated heterocycles. The van der Waals surface area contributed by atoms with Crippen LogP contribution in [0.25, 0.3) is 0 Å². The smallest absolute Gasteiger partial charge is 0.184 e. The predicted octanol–water partition coefficient (Wildman–Crippen LogP) is 3.17. The molecule has 1 aromatic heterocycles. The van der Waals surface area contributed by atoms with E-state index in [-0.39, 0.29) is 5.56 Å². The van der Waals surface area contributed by atoms with Crippen molar-refractivity contribution in [3.05, 3.63) is 59.0 Å². The Morgan fingerprint density at radius 1 is 1.00 bits per heavy atom. The summed E-state index contributed by atoms with van der Waals surface area (Å²) in [5, 5.41) is 0. The van der Waals surface area contributed by atoms with Gasteiger partial charge in [-0.3, -0.25) is 14.4 Å². The molecule has 1 aromatic carbocycles. The molecule has 4 nitrogen and oxygen atoms in total. The van der Waals surface area contributed by atoms with Gasteiger partial charge < -0.3 is 4.42 Å². The van der Waals surface area contributed by atoms with Crippen LogP contribution in [0.3, 0.4) is 0 Å². The molecule has 1 atom stereocenters. The molecule has 1 heterocycles. The maximum atomic E-state index is 12.5.